The van der Waals surface area contributed by atoms with Gasteiger partial charge in [0.15, 0.2) is 0 Å². The molecular weight excluding hydrogens is 303 g/mol. The molecule has 0 aliphatic carbocycles. The van der Waals surface area contributed by atoms with Gasteiger partial charge in [0, 0.05) is 18.6 Å². The maximum atomic E-state index is 6.15. The van der Waals surface area contributed by atoms with Gasteiger partial charge in [-0.15, -0.1) is 11.6 Å². The van der Waals surface area contributed by atoms with Crippen LogP contribution in [0.4, 0.5) is 5.82 Å². The summed E-state index contributed by atoms with van der Waals surface area (Å²) in [7, 11) is 1.96. The number of rotatable bonds is 4. The van der Waals surface area contributed by atoms with Gasteiger partial charge in [-0.1, -0.05) is 41.4 Å². The summed E-state index contributed by atoms with van der Waals surface area (Å²) in [6.07, 6.45) is 0. The third-order valence-electron chi connectivity index (χ3n) is 2.79. The van der Waals surface area contributed by atoms with E-state index >= 15 is 0 Å². The third-order valence-corrected chi connectivity index (χ3v) is 3.75. The summed E-state index contributed by atoms with van der Waals surface area (Å²) >= 11 is 18.0. The van der Waals surface area contributed by atoms with E-state index < -0.39 is 0 Å². The number of anilines is 1. The molecule has 0 fully saturated rings. The number of alkyl halides is 1. The first-order valence-electron chi connectivity index (χ1n) is 5.77. The van der Waals surface area contributed by atoms with Crippen LogP contribution in [0.1, 0.15) is 11.3 Å². The van der Waals surface area contributed by atoms with E-state index in [1.165, 1.54) is 0 Å². The Balaban J connectivity index is 2.20. The van der Waals surface area contributed by atoms with Crippen LogP contribution < -0.4 is 4.90 Å². The van der Waals surface area contributed by atoms with Crippen molar-refractivity contribution in [2.75, 3.05) is 11.9 Å². The van der Waals surface area contributed by atoms with Crippen LogP contribution in [-0.2, 0) is 12.4 Å². The second-order valence-corrected chi connectivity index (χ2v) is 5.26. The van der Waals surface area contributed by atoms with Gasteiger partial charge in [-0.3, -0.25) is 0 Å². The molecule has 19 heavy (non-hydrogen) atoms. The fraction of sp³-hybridized carbons (Fsp3) is 0.214. The van der Waals surface area contributed by atoms with Gasteiger partial charge in [-0.2, -0.15) is 0 Å². The van der Waals surface area contributed by atoms with E-state index in [-0.39, 0.29) is 0 Å². The van der Waals surface area contributed by atoms with Gasteiger partial charge < -0.3 is 4.90 Å². The molecule has 2 nitrogen and oxygen atoms in total. The summed E-state index contributed by atoms with van der Waals surface area (Å²) in [5.74, 6) is 1.12. The van der Waals surface area contributed by atoms with Crippen molar-refractivity contribution in [1.29, 1.82) is 0 Å². The smallest absolute Gasteiger partial charge is 0.129 e. The zero-order valence-corrected chi connectivity index (χ0v) is 12.7. The van der Waals surface area contributed by atoms with Crippen LogP contribution >= 0.6 is 34.8 Å². The highest BCUT2D eigenvalue weighted by atomic mass is 35.5. The van der Waals surface area contributed by atoms with Crippen LogP contribution in [0.5, 0.6) is 0 Å². The Labute approximate surface area is 127 Å². The SMILES string of the molecule is CN(Cc1ccccc1Cl)c1ccc(Cl)c(CCl)n1. The quantitative estimate of drug-likeness (QED) is 0.756. The highest BCUT2D eigenvalue weighted by molar-refractivity contribution is 6.32. The summed E-state index contributed by atoms with van der Waals surface area (Å²) in [6.45, 7) is 0.677. The van der Waals surface area contributed by atoms with Crippen LogP contribution in [-0.4, -0.2) is 12.0 Å². The maximum absolute atomic E-state index is 6.15. The van der Waals surface area contributed by atoms with E-state index in [1.807, 2.05) is 48.3 Å². The topological polar surface area (TPSA) is 16.1 Å². The molecule has 1 aromatic carbocycles. The molecule has 1 heterocycles. The van der Waals surface area contributed by atoms with Crippen molar-refractivity contribution in [3.8, 4) is 0 Å². The zero-order chi connectivity index (χ0) is 13.8. The molecule has 0 unspecified atom stereocenters. The molecule has 0 aliphatic rings. The normalized spacial score (nSPS) is 10.5. The number of nitrogens with zero attached hydrogens (tertiary/aromatic N) is 2. The highest BCUT2D eigenvalue weighted by Crippen LogP contribution is 2.23. The summed E-state index contributed by atoms with van der Waals surface area (Å²) < 4.78 is 0. The van der Waals surface area contributed by atoms with E-state index in [0.717, 1.165) is 16.4 Å². The van der Waals surface area contributed by atoms with Crippen molar-refractivity contribution in [2.24, 2.45) is 0 Å². The lowest BCUT2D eigenvalue weighted by atomic mass is 10.2. The fourth-order valence-corrected chi connectivity index (χ4v) is 2.38. The lowest BCUT2D eigenvalue weighted by molar-refractivity contribution is 0.891. The van der Waals surface area contributed by atoms with Crippen molar-refractivity contribution < 1.29 is 0 Å². The van der Waals surface area contributed by atoms with Gasteiger partial charge in [-0.25, -0.2) is 4.98 Å². The van der Waals surface area contributed by atoms with Gasteiger partial charge in [0.1, 0.15) is 5.82 Å². The molecule has 2 rings (SSSR count). The van der Waals surface area contributed by atoms with Crippen molar-refractivity contribution in [2.45, 2.75) is 12.4 Å². The summed E-state index contributed by atoms with van der Waals surface area (Å²) in [6, 6.07) is 11.4. The van der Waals surface area contributed by atoms with Crippen LogP contribution in [0.2, 0.25) is 10.0 Å². The molecule has 0 saturated carbocycles. The molecule has 0 atom stereocenters. The molecular formula is C14H13Cl3N2. The number of hydrogen-bond donors (Lipinski definition) is 0. The lowest BCUT2D eigenvalue weighted by Gasteiger charge is -2.19. The molecule has 5 heteroatoms. The number of benzene rings is 1. The predicted octanol–water partition coefficient (Wildman–Crippen LogP) is 4.76. The van der Waals surface area contributed by atoms with Gasteiger partial charge >= 0.3 is 0 Å². The van der Waals surface area contributed by atoms with Crippen molar-refractivity contribution in [3.63, 3.8) is 0 Å². The van der Waals surface area contributed by atoms with Crippen LogP contribution in [0, 0.1) is 0 Å². The number of aromatic nitrogens is 1. The second kappa shape index (κ2) is 6.47. The first kappa shape index (κ1) is 14.4. The van der Waals surface area contributed by atoms with Gasteiger partial charge in [0.25, 0.3) is 0 Å². The molecule has 2 aromatic rings. The Bertz CT molecular complexity index is 572. The minimum atomic E-state index is 0.298. The molecule has 0 N–H and O–H groups in total. The second-order valence-electron chi connectivity index (χ2n) is 4.18. The Morgan fingerprint density at radius 1 is 1.05 bits per heavy atom. The van der Waals surface area contributed by atoms with E-state index in [9.17, 15) is 0 Å². The van der Waals surface area contributed by atoms with Gasteiger partial charge in [0.05, 0.1) is 16.6 Å². The maximum Gasteiger partial charge on any atom is 0.129 e. The van der Waals surface area contributed by atoms with Crippen LogP contribution in [0.15, 0.2) is 36.4 Å². The molecule has 0 saturated heterocycles. The van der Waals surface area contributed by atoms with Crippen molar-refractivity contribution >= 4 is 40.6 Å². The summed E-state index contributed by atoms with van der Waals surface area (Å²) in [5.41, 5.74) is 1.74. The third kappa shape index (κ3) is 3.53. The largest absolute Gasteiger partial charge is 0.355 e. The van der Waals surface area contributed by atoms with Crippen molar-refractivity contribution in [3.05, 3.63) is 57.7 Å². The fourth-order valence-electron chi connectivity index (χ4n) is 1.74. The Hall–Kier alpha value is -0.960. The lowest BCUT2D eigenvalue weighted by Crippen LogP contribution is -2.18. The summed E-state index contributed by atoms with van der Waals surface area (Å²) in [5, 5.41) is 1.34. The Morgan fingerprint density at radius 3 is 2.47 bits per heavy atom. The summed E-state index contributed by atoms with van der Waals surface area (Å²) in [4.78, 5) is 6.44. The van der Waals surface area contributed by atoms with E-state index in [0.29, 0.717) is 23.1 Å². The van der Waals surface area contributed by atoms with Gasteiger partial charge in [-0.05, 0) is 23.8 Å². The standard InChI is InChI=1S/C14H13Cl3N2/c1-19(9-10-4-2-3-5-11(10)16)14-7-6-12(17)13(8-15)18-14/h2-7H,8-9H2,1H3. The first-order valence-corrected chi connectivity index (χ1v) is 7.07. The molecule has 100 valence electrons. The molecule has 0 bridgehead atoms. The molecule has 0 amide bonds. The molecule has 0 radical (unpaired) electrons. The minimum Gasteiger partial charge on any atom is -0.355 e. The molecule has 0 aliphatic heterocycles. The Morgan fingerprint density at radius 2 is 1.79 bits per heavy atom. The number of pyridine rings is 1. The van der Waals surface area contributed by atoms with Crippen molar-refractivity contribution in [1.82, 2.24) is 4.98 Å². The Kier molecular flexibility index (Phi) is 4.92. The number of hydrogen-bond acceptors (Lipinski definition) is 2. The van der Waals surface area contributed by atoms with E-state index in [1.54, 1.807) is 0 Å². The average molecular weight is 316 g/mol. The van der Waals surface area contributed by atoms with Crippen LogP contribution in [0.3, 0.4) is 0 Å². The minimum absolute atomic E-state index is 0.298. The zero-order valence-electron chi connectivity index (χ0n) is 10.4. The van der Waals surface area contributed by atoms with E-state index in [2.05, 4.69) is 4.98 Å². The number of halogens is 3. The average Bonchev–Trinajstić information content (AvgIpc) is 2.42. The first-order chi connectivity index (χ1) is 9.11. The predicted molar refractivity (Wildman–Crippen MR) is 82.4 cm³/mol. The monoisotopic (exact) mass is 314 g/mol. The van der Waals surface area contributed by atoms with Crippen LogP contribution in [0.25, 0.3) is 0 Å². The highest BCUT2D eigenvalue weighted by Gasteiger charge is 2.09. The van der Waals surface area contributed by atoms with Gasteiger partial charge in [0.2, 0.25) is 0 Å². The van der Waals surface area contributed by atoms with E-state index in [4.69, 9.17) is 34.8 Å². The molecule has 0 spiro atoms. The molecule has 1 aromatic heterocycles.